The number of benzene rings is 2. The van der Waals surface area contributed by atoms with E-state index >= 15 is 0 Å². The minimum Gasteiger partial charge on any atom is -0.455 e. The van der Waals surface area contributed by atoms with Crippen molar-refractivity contribution in [2.75, 3.05) is 5.73 Å². The molecule has 4 heteroatoms. The van der Waals surface area contributed by atoms with Crippen LogP contribution in [0.1, 0.15) is 5.56 Å². The molecule has 2 nitrogen and oxygen atoms in total. The standard InChI is InChI=1S/C13H11BrFNO/c1-8-2-4-10(7-11(8)15)17-13-5-3-9(14)6-12(13)16/h2-7H,16H2,1H3. The third-order valence-corrected chi connectivity index (χ3v) is 2.84. The predicted molar refractivity (Wildman–Crippen MR) is 69.8 cm³/mol. The first-order valence-corrected chi connectivity index (χ1v) is 5.84. The Morgan fingerprint density at radius 2 is 1.94 bits per heavy atom. The van der Waals surface area contributed by atoms with E-state index in [4.69, 9.17) is 10.5 Å². The molecule has 0 aliphatic heterocycles. The highest BCUT2D eigenvalue weighted by Crippen LogP contribution is 2.30. The van der Waals surface area contributed by atoms with Crippen molar-refractivity contribution >= 4 is 21.6 Å². The Hall–Kier alpha value is -1.55. The van der Waals surface area contributed by atoms with Gasteiger partial charge in [0, 0.05) is 10.5 Å². The first-order chi connectivity index (χ1) is 8.06. The number of anilines is 1. The van der Waals surface area contributed by atoms with Crippen molar-refractivity contribution in [3.05, 3.63) is 52.3 Å². The van der Waals surface area contributed by atoms with Gasteiger partial charge in [-0.15, -0.1) is 0 Å². The van der Waals surface area contributed by atoms with E-state index in [1.165, 1.54) is 6.07 Å². The average molecular weight is 296 g/mol. The molecule has 2 N–H and O–H groups in total. The Kier molecular flexibility index (Phi) is 3.33. The molecule has 0 amide bonds. The molecule has 17 heavy (non-hydrogen) atoms. The summed E-state index contributed by atoms with van der Waals surface area (Å²) >= 11 is 3.31. The summed E-state index contributed by atoms with van der Waals surface area (Å²) in [5, 5.41) is 0. The third kappa shape index (κ3) is 2.77. The van der Waals surface area contributed by atoms with E-state index in [-0.39, 0.29) is 5.82 Å². The lowest BCUT2D eigenvalue weighted by Gasteiger charge is -2.09. The molecule has 2 rings (SSSR count). The molecule has 0 spiro atoms. The molecule has 0 fully saturated rings. The first-order valence-electron chi connectivity index (χ1n) is 5.05. The van der Waals surface area contributed by atoms with E-state index in [0.717, 1.165) is 4.47 Å². The SMILES string of the molecule is Cc1ccc(Oc2ccc(Br)cc2N)cc1F. The van der Waals surface area contributed by atoms with E-state index in [9.17, 15) is 4.39 Å². The van der Waals surface area contributed by atoms with Crippen molar-refractivity contribution in [2.45, 2.75) is 6.92 Å². The predicted octanol–water partition coefficient (Wildman–Crippen LogP) is 4.27. The van der Waals surface area contributed by atoms with Crippen molar-refractivity contribution in [3.8, 4) is 11.5 Å². The van der Waals surface area contributed by atoms with Crippen LogP contribution in [0, 0.1) is 12.7 Å². The summed E-state index contributed by atoms with van der Waals surface area (Å²) in [7, 11) is 0. The number of nitrogen functional groups attached to an aromatic ring is 1. The fourth-order valence-corrected chi connectivity index (χ4v) is 1.76. The maximum atomic E-state index is 13.3. The van der Waals surface area contributed by atoms with Crippen molar-refractivity contribution in [2.24, 2.45) is 0 Å². The van der Waals surface area contributed by atoms with Gasteiger partial charge in [0.05, 0.1) is 5.69 Å². The van der Waals surface area contributed by atoms with Crippen molar-refractivity contribution < 1.29 is 9.13 Å². The van der Waals surface area contributed by atoms with Crippen LogP contribution >= 0.6 is 15.9 Å². The first kappa shape index (κ1) is 11.9. The van der Waals surface area contributed by atoms with Gasteiger partial charge in [0.25, 0.3) is 0 Å². The minimum atomic E-state index is -0.293. The molecule has 0 aromatic heterocycles. The van der Waals surface area contributed by atoms with Gasteiger partial charge in [-0.3, -0.25) is 0 Å². The van der Waals surface area contributed by atoms with Gasteiger partial charge in [-0.1, -0.05) is 22.0 Å². The van der Waals surface area contributed by atoms with Gasteiger partial charge in [-0.05, 0) is 36.8 Å². The van der Waals surface area contributed by atoms with Crippen LogP contribution < -0.4 is 10.5 Å². The second-order valence-corrected chi connectivity index (χ2v) is 4.61. The summed E-state index contributed by atoms with van der Waals surface area (Å²) in [5.41, 5.74) is 6.87. The molecule has 0 saturated heterocycles. The monoisotopic (exact) mass is 295 g/mol. The number of ether oxygens (including phenoxy) is 1. The summed E-state index contributed by atoms with van der Waals surface area (Å²) in [4.78, 5) is 0. The summed E-state index contributed by atoms with van der Waals surface area (Å²) in [6.07, 6.45) is 0. The van der Waals surface area contributed by atoms with Crippen LogP contribution in [0.25, 0.3) is 0 Å². The molecule has 0 saturated carbocycles. The second-order valence-electron chi connectivity index (χ2n) is 3.70. The summed E-state index contributed by atoms with van der Waals surface area (Å²) in [5.74, 6) is 0.650. The van der Waals surface area contributed by atoms with Crippen molar-refractivity contribution in [1.82, 2.24) is 0 Å². The van der Waals surface area contributed by atoms with E-state index in [0.29, 0.717) is 22.7 Å². The van der Waals surface area contributed by atoms with Gasteiger partial charge in [-0.2, -0.15) is 0 Å². The molecule has 0 unspecified atom stereocenters. The molecule has 0 radical (unpaired) electrons. The summed E-state index contributed by atoms with van der Waals surface area (Å²) in [6, 6.07) is 10.0. The van der Waals surface area contributed by atoms with Gasteiger partial charge in [0.2, 0.25) is 0 Å². The van der Waals surface area contributed by atoms with Crippen LogP contribution in [-0.4, -0.2) is 0 Å². The van der Waals surface area contributed by atoms with E-state index < -0.39 is 0 Å². The van der Waals surface area contributed by atoms with E-state index in [1.807, 2.05) is 6.07 Å². The number of halogens is 2. The van der Waals surface area contributed by atoms with Gasteiger partial charge < -0.3 is 10.5 Å². The molecule has 2 aromatic rings. The number of hydrogen-bond donors (Lipinski definition) is 1. The van der Waals surface area contributed by atoms with Gasteiger partial charge in [0.1, 0.15) is 17.3 Å². The third-order valence-electron chi connectivity index (χ3n) is 2.34. The van der Waals surface area contributed by atoms with Gasteiger partial charge >= 0.3 is 0 Å². The molecule has 0 bridgehead atoms. The fourth-order valence-electron chi connectivity index (χ4n) is 1.38. The molecule has 0 aliphatic carbocycles. The van der Waals surface area contributed by atoms with Crippen LogP contribution in [0.5, 0.6) is 11.5 Å². The quantitative estimate of drug-likeness (QED) is 0.840. The molecule has 88 valence electrons. The van der Waals surface area contributed by atoms with Crippen LogP contribution in [0.15, 0.2) is 40.9 Å². The number of nitrogens with two attached hydrogens (primary N) is 1. The highest BCUT2D eigenvalue weighted by Gasteiger charge is 2.05. The summed E-state index contributed by atoms with van der Waals surface area (Å²) in [6.45, 7) is 1.70. The number of rotatable bonds is 2. The highest BCUT2D eigenvalue weighted by molar-refractivity contribution is 9.10. The lowest BCUT2D eigenvalue weighted by atomic mass is 10.2. The zero-order chi connectivity index (χ0) is 12.4. The molecular weight excluding hydrogens is 285 g/mol. The number of aryl methyl sites for hydroxylation is 1. The van der Waals surface area contributed by atoms with Crippen molar-refractivity contribution in [1.29, 1.82) is 0 Å². The van der Waals surface area contributed by atoms with Crippen LogP contribution in [0.4, 0.5) is 10.1 Å². The second kappa shape index (κ2) is 4.75. The normalized spacial score (nSPS) is 10.3. The highest BCUT2D eigenvalue weighted by atomic mass is 79.9. The largest absolute Gasteiger partial charge is 0.455 e. The fraction of sp³-hybridized carbons (Fsp3) is 0.0769. The lowest BCUT2D eigenvalue weighted by Crippen LogP contribution is -1.93. The molecule has 0 atom stereocenters. The lowest BCUT2D eigenvalue weighted by molar-refractivity contribution is 0.478. The van der Waals surface area contributed by atoms with Crippen LogP contribution in [0.3, 0.4) is 0 Å². The Morgan fingerprint density at radius 3 is 2.59 bits per heavy atom. The Balaban J connectivity index is 2.28. The van der Waals surface area contributed by atoms with Crippen molar-refractivity contribution in [3.63, 3.8) is 0 Å². The summed E-state index contributed by atoms with van der Waals surface area (Å²) < 4.78 is 19.7. The molecule has 0 heterocycles. The maximum Gasteiger partial charge on any atom is 0.150 e. The van der Waals surface area contributed by atoms with Crippen LogP contribution in [-0.2, 0) is 0 Å². The Labute approximate surface area is 107 Å². The Morgan fingerprint density at radius 1 is 1.18 bits per heavy atom. The van der Waals surface area contributed by atoms with Crippen LogP contribution in [0.2, 0.25) is 0 Å². The van der Waals surface area contributed by atoms with Gasteiger partial charge in [0.15, 0.2) is 0 Å². The number of hydrogen-bond acceptors (Lipinski definition) is 2. The van der Waals surface area contributed by atoms with Gasteiger partial charge in [-0.25, -0.2) is 4.39 Å². The zero-order valence-electron chi connectivity index (χ0n) is 9.21. The average Bonchev–Trinajstić information content (AvgIpc) is 2.27. The maximum absolute atomic E-state index is 13.3. The molecule has 2 aromatic carbocycles. The van der Waals surface area contributed by atoms with E-state index in [2.05, 4.69) is 15.9 Å². The Bertz CT molecular complexity index is 557. The molecular formula is C13H11BrFNO. The minimum absolute atomic E-state index is 0.293. The topological polar surface area (TPSA) is 35.2 Å². The molecule has 0 aliphatic rings. The van der Waals surface area contributed by atoms with E-state index in [1.54, 1.807) is 31.2 Å². The zero-order valence-corrected chi connectivity index (χ0v) is 10.8. The smallest absolute Gasteiger partial charge is 0.150 e.